The van der Waals surface area contributed by atoms with Crippen molar-refractivity contribution in [3.05, 3.63) is 36.5 Å². The molecule has 0 radical (unpaired) electrons. The van der Waals surface area contributed by atoms with E-state index >= 15 is 0 Å². The van der Waals surface area contributed by atoms with Gasteiger partial charge in [-0.05, 0) is 12.1 Å². The Morgan fingerprint density at radius 3 is 2.71 bits per heavy atom. The molecular formula is C14H13F2N3O2. The highest BCUT2D eigenvalue weighted by atomic mass is 19.3. The molecule has 0 bridgehead atoms. The van der Waals surface area contributed by atoms with Crippen LogP contribution in [0.15, 0.2) is 36.5 Å². The summed E-state index contributed by atoms with van der Waals surface area (Å²) in [5.41, 5.74) is 0.398. The fourth-order valence-corrected chi connectivity index (χ4v) is 1.90. The van der Waals surface area contributed by atoms with Crippen molar-refractivity contribution in [1.29, 1.82) is 0 Å². The third-order valence-electron chi connectivity index (χ3n) is 3.01. The van der Waals surface area contributed by atoms with Crippen LogP contribution in [0.1, 0.15) is 0 Å². The van der Waals surface area contributed by atoms with Gasteiger partial charge < -0.3 is 14.8 Å². The summed E-state index contributed by atoms with van der Waals surface area (Å²) in [6, 6.07) is 8.04. The maximum absolute atomic E-state index is 12.4. The molecule has 5 nitrogen and oxygen atoms in total. The number of alkyl halides is 2. The summed E-state index contributed by atoms with van der Waals surface area (Å²) in [6.07, 6.45) is 1.61. The van der Waals surface area contributed by atoms with E-state index in [1.807, 2.05) is 0 Å². The number of nitrogens with zero attached hydrogens (tertiary/aromatic N) is 2. The second-order valence-corrected chi connectivity index (χ2v) is 4.49. The van der Waals surface area contributed by atoms with Crippen LogP contribution in [0.5, 0.6) is 11.6 Å². The van der Waals surface area contributed by atoms with E-state index in [2.05, 4.69) is 20.0 Å². The number of aromatic nitrogens is 2. The Hall–Kier alpha value is -2.28. The van der Waals surface area contributed by atoms with Crippen molar-refractivity contribution >= 4 is 0 Å². The molecule has 7 heteroatoms. The predicted octanol–water partition coefficient (Wildman–Crippen LogP) is 2.10. The van der Waals surface area contributed by atoms with E-state index in [1.165, 1.54) is 12.3 Å². The van der Waals surface area contributed by atoms with Gasteiger partial charge >= 0.3 is 6.61 Å². The normalized spacial score (nSPS) is 14.8. The van der Waals surface area contributed by atoms with Gasteiger partial charge in [0.25, 0.3) is 0 Å². The van der Waals surface area contributed by atoms with Gasteiger partial charge in [-0.25, -0.2) is 4.98 Å². The largest absolute Gasteiger partial charge is 0.472 e. The van der Waals surface area contributed by atoms with Crippen LogP contribution in [0, 0.1) is 0 Å². The smallest absolute Gasteiger partial charge is 0.387 e. The number of rotatable bonds is 5. The number of hydrogen-bond donors (Lipinski definition) is 1. The summed E-state index contributed by atoms with van der Waals surface area (Å²) in [7, 11) is 0. The molecule has 0 atom stereocenters. The lowest BCUT2D eigenvalue weighted by Crippen LogP contribution is -2.50. The topological polar surface area (TPSA) is 56.3 Å². The summed E-state index contributed by atoms with van der Waals surface area (Å²) in [4.78, 5) is 8.34. The summed E-state index contributed by atoms with van der Waals surface area (Å²) in [5, 5.41) is 3.09. The number of halogens is 2. The van der Waals surface area contributed by atoms with Gasteiger partial charge in [-0.2, -0.15) is 13.8 Å². The number of hydrogen-bond acceptors (Lipinski definition) is 5. The van der Waals surface area contributed by atoms with Crippen molar-refractivity contribution in [3.63, 3.8) is 0 Å². The van der Waals surface area contributed by atoms with E-state index in [9.17, 15) is 8.78 Å². The van der Waals surface area contributed by atoms with Crippen LogP contribution in [0.2, 0.25) is 0 Å². The van der Waals surface area contributed by atoms with Crippen LogP contribution in [0.3, 0.4) is 0 Å². The van der Waals surface area contributed by atoms with Crippen LogP contribution >= 0.6 is 0 Å². The Morgan fingerprint density at radius 2 is 2.00 bits per heavy atom. The van der Waals surface area contributed by atoms with Crippen molar-refractivity contribution < 1.29 is 18.3 Å². The first kappa shape index (κ1) is 13.7. The standard InChI is InChI=1S/C14H13F2N3O2/c15-14(16)21-11-4-2-1-3-10(11)13-18-6-5-12(19-13)20-9-7-17-8-9/h1-6,9,14,17H,7-8H2. The first-order valence-corrected chi connectivity index (χ1v) is 6.47. The lowest BCUT2D eigenvalue weighted by atomic mass is 10.2. The first-order chi connectivity index (χ1) is 10.2. The average molecular weight is 293 g/mol. The van der Waals surface area contributed by atoms with Crippen LogP contribution in [0.25, 0.3) is 11.4 Å². The average Bonchev–Trinajstić information content (AvgIpc) is 2.43. The van der Waals surface area contributed by atoms with E-state index in [0.29, 0.717) is 11.4 Å². The Balaban J connectivity index is 1.87. The molecule has 1 N–H and O–H groups in total. The monoisotopic (exact) mass is 293 g/mol. The van der Waals surface area contributed by atoms with E-state index < -0.39 is 6.61 Å². The summed E-state index contributed by atoms with van der Waals surface area (Å²) >= 11 is 0. The number of benzene rings is 1. The minimum absolute atomic E-state index is 0.0370. The molecule has 0 aliphatic carbocycles. The molecule has 3 rings (SSSR count). The molecule has 2 heterocycles. The lowest BCUT2D eigenvalue weighted by Gasteiger charge is -2.27. The highest BCUT2D eigenvalue weighted by Crippen LogP contribution is 2.29. The van der Waals surface area contributed by atoms with Crippen molar-refractivity contribution in [2.45, 2.75) is 12.7 Å². The van der Waals surface area contributed by atoms with E-state index in [-0.39, 0.29) is 17.7 Å². The van der Waals surface area contributed by atoms with Crippen molar-refractivity contribution in [2.75, 3.05) is 13.1 Å². The van der Waals surface area contributed by atoms with Crippen LogP contribution < -0.4 is 14.8 Å². The molecule has 1 aliphatic rings. The highest BCUT2D eigenvalue weighted by molar-refractivity contribution is 5.64. The molecule has 0 saturated carbocycles. The van der Waals surface area contributed by atoms with Gasteiger partial charge in [-0.15, -0.1) is 0 Å². The Kier molecular flexibility index (Phi) is 3.92. The number of para-hydroxylation sites is 1. The molecule has 1 aromatic carbocycles. The minimum atomic E-state index is -2.90. The summed E-state index contributed by atoms with van der Waals surface area (Å²) in [6.45, 7) is -1.36. The maximum Gasteiger partial charge on any atom is 0.387 e. The number of ether oxygens (including phenoxy) is 2. The maximum atomic E-state index is 12.4. The van der Waals surface area contributed by atoms with Gasteiger partial charge in [0.15, 0.2) is 5.82 Å². The molecule has 110 valence electrons. The van der Waals surface area contributed by atoms with E-state index in [1.54, 1.807) is 24.3 Å². The molecule has 0 spiro atoms. The Bertz CT molecular complexity index is 621. The fourth-order valence-electron chi connectivity index (χ4n) is 1.90. The molecule has 1 aliphatic heterocycles. The molecular weight excluding hydrogens is 280 g/mol. The van der Waals surface area contributed by atoms with Crippen molar-refractivity contribution in [3.8, 4) is 23.0 Å². The highest BCUT2D eigenvalue weighted by Gasteiger charge is 2.19. The minimum Gasteiger partial charge on any atom is -0.472 e. The van der Waals surface area contributed by atoms with E-state index in [4.69, 9.17) is 4.74 Å². The fraction of sp³-hybridized carbons (Fsp3) is 0.286. The van der Waals surface area contributed by atoms with Gasteiger partial charge in [-0.1, -0.05) is 12.1 Å². The third-order valence-corrected chi connectivity index (χ3v) is 3.01. The molecule has 21 heavy (non-hydrogen) atoms. The van der Waals surface area contributed by atoms with Gasteiger partial charge in [0.1, 0.15) is 11.9 Å². The van der Waals surface area contributed by atoms with Gasteiger partial charge in [0.05, 0.1) is 5.56 Å². The third kappa shape index (κ3) is 3.25. The molecule has 0 amide bonds. The Morgan fingerprint density at radius 1 is 1.19 bits per heavy atom. The second kappa shape index (κ2) is 6.01. The van der Waals surface area contributed by atoms with Crippen LogP contribution in [0.4, 0.5) is 8.78 Å². The molecule has 1 saturated heterocycles. The van der Waals surface area contributed by atoms with Gasteiger partial charge in [0.2, 0.25) is 5.88 Å². The zero-order valence-corrected chi connectivity index (χ0v) is 11.0. The van der Waals surface area contributed by atoms with Crippen molar-refractivity contribution in [1.82, 2.24) is 15.3 Å². The van der Waals surface area contributed by atoms with E-state index in [0.717, 1.165) is 13.1 Å². The Labute approximate surface area is 119 Å². The zero-order valence-electron chi connectivity index (χ0n) is 11.0. The van der Waals surface area contributed by atoms with Gasteiger partial charge in [-0.3, -0.25) is 0 Å². The molecule has 0 unspecified atom stereocenters. The summed E-state index contributed by atoms with van der Waals surface area (Å²) < 4.78 is 35.0. The number of nitrogens with one attached hydrogen (secondary N) is 1. The zero-order chi connectivity index (χ0) is 14.7. The quantitative estimate of drug-likeness (QED) is 0.915. The molecule has 1 aromatic heterocycles. The lowest BCUT2D eigenvalue weighted by molar-refractivity contribution is -0.0494. The van der Waals surface area contributed by atoms with Crippen LogP contribution in [-0.4, -0.2) is 35.8 Å². The van der Waals surface area contributed by atoms with Gasteiger partial charge in [0, 0.05) is 25.4 Å². The van der Waals surface area contributed by atoms with Crippen molar-refractivity contribution in [2.24, 2.45) is 0 Å². The second-order valence-electron chi connectivity index (χ2n) is 4.49. The SMILES string of the molecule is FC(F)Oc1ccccc1-c1nccc(OC2CNC2)n1. The molecule has 2 aromatic rings. The predicted molar refractivity (Wildman–Crippen MR) is 71.4 cm³/mol. The first-order valence-electron chi connectivity index (χ1n) is 6.47. The molecule has 1 fully saturated rings. The van der Waals surface area contributed by atoms with Crippen LogP contribution in [-0.2, 0) is 0 Å². The summed E-state index contributed by atoms with van der Waals surface area (Å²) in [5.74, 6) is 0.740.